The van der Waals surface area contributed by atoms with Crippen LogP contribution >= 0.6 is 11.6 Å². The predicted molar refractivity (Wildman–Crippen MR) is 135 cm³/mol. The third-order valence-corrected chi connectivity index (χ3v) is 7.12. The fourth-order valence-electron chi connectivity index (χ4n) is 3.22. The van der Waals surface area contributed by atoms with Gasteiger partial charge in [-0.15, -0.1) is 0 Å². The first-order valence-corrected chi connectivity index (χ1v) is 12.6. The third kappa shape index (κ3) is 7.05. The van der Waals surface area contributed by atoms with Gasteiger partial charge in [0.2, 0.25) is 10.0 Å². The van der Waals surface area contributed by atoms with Crippen molar-refractivity contribution in [1.82, 2.24) is 9.73 Å². The highest BCUT2D eigenvalue weighted by atomic mass is 35.5. The van der Waals surface area contributed by atoms with E-state index in [1.165, 1.54) is 36.5 Å². The molecule has 0 bridgehead atoms. The highest BCUT2D eigenvalue weighted by Crippen LogP contribution is 2.26. The topological polar surface area (TPSA) is 108 Å². The first-order chi connectivity index (χ1) is 16.7. The lowest BCUT2D eigenvalue weighted by molar-refractivity contribution is -0.121. The summed E-state index contributed by atoms with van der Waals surface area (Å²) in [5, 5.41) is 14.1. The molecule has 0 aliphatic rings. The Morgan fingerprint density at radius 3 is 2.54 bits per heavy atom. The summed E-state index contributed by atoms with van der Waals surface area (Å²) in [6, 6.07) is 17.8. The maximum Gasteiger partial charge on any atom is 0.255 e. The van der Waals surface area contributed by atoms with Gasteiger partial charge in [0, 0.05) is 11.6 Å². The molecule has 0 atom stereocenters. The average Bonchev–Trinajstić information content (AvgIpc) is 2.82. The molecule has 0 saturated heterocycles. The van der Waals surface area contributed by atoms with Crippen molar-refractivity contribution in [2.24, 2.45) is 5.10 Å². The zero-order chi connectivity index (χ0) is 25.4. The van der Waals surface area contributed by atoms with Crippen LogP contribution in [-0.4, -0.2) is 43.1 Å². The van der Waals surface area contributed by atoms with Crippen LogP contribution in [0.1, 0.15) is 23.6 Å². The quantitative estimate of drug-likeness (QED) is 0.312. The second-order valence-corrected chi connectivity index (χ2v) is 9.98. The van der Waals surface area contributed by atoms with Gasteiger partial charge in [0.25, 0.3) is 5.91 Å². The zero-order valence-electron chi connectivity index (χ0n) is 19.3. The number of benzene rings is 3. The molecule has 0 aliphatic carbocycles. The SMILES string of the molecule is CCOc1cc(/C=N\NC(=O)CN(Cc2ccccc2C)S(=O)(=O)c2ccc(Cl)cc2)ccc1O. The number of halogens is 1. The minimum Gasteiger partial charge on any atom is -0.504 e. The molecular weight excluding hydrogens is 490 g/mol. The van der Waals surface area contributed by atoms with Crippen molar-refractivity contribution in [2.45, 2.75) is 25.3 Å². The Morgan fingerprint density at radius 1 is 1.14 bits per heavy atom. The third-order valence-electron chi connectivity index (χ3n) is 5.07. The summed E-state index contributed by atoms with van der Waals surface area (Å²) in [7, 11) is -4.00. The Morgan fingerprint density at radius 2 is 1.86 bits per heavy atom. The normalized spacial score (nSPS) is 11.7. The van der Waals surface area contributed by atoms with Crippen LogP contribution in [0.5, 0.6) is 11.5 Å². The van der Waals surface area contributed by atoms with Gasteiger partial charge < -0.3 is 9.84 Å². The number of rotatable bonds is 10. The van der Waals surface area contributed by atoms with Crippen molar-refractivity contribution in [2.75, 3.05) is 13.2 Å². The lowest BCUT2D eigenvalue weighted by atomic mass is 10.1. The van der Waals surface area contributed by atoms with Gasteiger partial charge in [0.15, 0.2) is 11.5 Å². The summed E-state index contributed by atoms with van der Waals surface area (Å²) >= 11 is 5.91. The molecule has 0 aromatic heterocycles. The Labute approximate surface area is 209 Å². The molecule has 0 spiro atoms. The molecule has 8 nitrogen and oxygen atoms in total. The van der Waals surface area contributed by atoms with E-state index in [9.17, 15) is 18.3 Å². The number of aryl methyl sites for hydroxylation is 1. The molecule has 0 heterocycles. The van der Waals surface area contributed by atoms with Gasteiger partial charge in [-0.3, -0.25) is 4.79 Å². The number of carbonyl (C=O) groups is 1. The van der Waals surface area contributed by atoms with Gasteiger partial charge in [0.1, 0.15) is 0 Å². The minimum atomic E-state index is -4.00. The maximum absolute atomic E-state index is 13.3. The second-order valence-electron chi connectivity index (χ2n) is 7.61. The van der Waals surface area contributed by atoms with E-state index in [1.807, 2.05) is 31.2 Å². The number of hydrogen-bond donors (Lipinski definition) is 2. The van der Waals surface area contributed by atoms with Crippen molar-refractivity contribution >= 4 is 33.7 Å². The summed E-state index contributed by atoms with van der Waals surface area (Å²) in [5.41, 5.74) is 4.62. The van der Waals surface area contributed by atoms with E-state index < -0.39 is 22.5 Å². The van der Waals surface area contributed by atoms with E-state index in [0.717, 1.165) is 15.4 Å². The molecule has 35 heavy (non-hydrogen) atoms. The zero-order valence-corrected chi connectivity index (χ0v) is 20.9. The van der Waals surface area contributed by atoms with E-state index in [2.05, 4.69) is 10.5 Å². The fourth-order valence-corrected chi connectivity index (χ4v) is 4.72. The van der Waals surface area contributed by atoms with Gasteiger partial charge in [-0.05, 0) is 73.0 Å². The van der Waals surface area contributed by atoms with Gasteiger partial charge >= 0.3 is 0 Å². The molecule has 1 amide bonds. The number of amides is 1. The molecule has 0 aliphatic heterocycles. The Kier molecular flexibility index (Phi) is 8.86. The number of sulfonamides is 1. The Balaban J connectivity index is 1.78. The van der Waals surface area contributed by atoms with Crippen LogP contribution in [0.4, 0.5) is 0 Å². The molecule has 0 saturated carbocycles. The van der Waals surface area contributed by atoms with Gasteiger partial charge in [-0.2, -0.15) is 9.41 Å². The van der Waals surface area contributed by atoms with Gasteiger partial charge in [-0.1, -0.05) is 35.9 Å². The molecule has 10 heteroatoms. The van der Waals surface area contributed by atoms with Crippen LogP contribution in [0.3, 0.4) is 0 Å². The lowest BCUT2D eigenvalue weighted by Gasteiger charge is -2.22. The summed E-state index contributed by atoms with van der Waals surface area (Å²) in [5.74, 6) is -0.329. The number of hydrogen-bond acceptors (Lipinski definition) is 6. The van der Waals surface area contributed by atoms with Crippen molar-refractivity contribution in [3.05, 3.63) is 88.4 Å². The molecule has 184 valence electrons. The molecule has 0 radical (unpaired) electrons. The number of carbonyl (C=O) groups excluding carboxylic acids is 1. The van der Waals surface area contributed by atoms with Crippen molar-refractivity contribution in [3.8, 4) is 11.5 Å². The van der Waals surface area contributed by atoms with Crippen molar-refractivity contribution in [3.63, 3.8) is 0 Å². The van der Waals surface area contributed by atoms with Crippen LogP contribution in [0, 0.1) is 6.92 Å². The number of phenolic OH excluding ortho intramolecular Hbond substituents is 1. The summed E-state index contributed by atoms with van der Waals surface area (Å²) in [6.45, 7) is 3.60. The smallest absolute Gasteiger partial charge is 0.255 e. The molecule has 3 aromatic rings. The lowest BCUT2D eigenvalue weighted by Crippen LogP contribution is -2.39. The molecule has 0 fully saturated rings. The van der Waals surface area contributed by atoms with Crippen LogP contribution < -0.4 is 10.2 Å². The number of ether oxygens (including phenoxy) is 1. The first-order valence-electron chi connectivity index (χ1n) is 10.8. The highest BCUT2D eigenvalue weighted by Gasteiger charge is 2.27. The molecular formula is C25H26ClN3O5S. The number of nitrogens with zero attached hydrogens (tertiary/aromatic N) is 2. The molecule has 0 unspecified atom stereocenters. The van der Waals surface area contributed by atoms with Gasteiger partial charge in [-0.25, -0.2) is 13.8 Å². The second kappa shape index (κ2) is 11.8. The van der Waals surface area contributed by atoms with Crippen LogP contribution in [-0.2, 0) is 21.4 Å². The fraction of sp³-hybridized carbons (Fsp3) is 0.200. The molecule has 3 rings (SSSR count). The van der Waals surface area contributed by atoms with Crippen molar-refractivity contribution in [1.29, 1.82) is 0 Å². The summed E-state index contributed by atoms with van der Waals surface area (Å²) in [6.07, 6.45) is 1.37. The molecule has 3 aromatic carbocycles. The number of hydrazone groups is 1. The van der Waals surface area contributed by atoms with Crippen molar-refractivity contribution < 1.29 is 23.1 Å². The Hall–Kier alpha value is -3.40. The van der Waals surface area contributed by atoms with E-state index >= 15 is 0 Å². The van der Waals surface area contributed by atoms with E-state index in [4.69, 9.17) is 16.3 Å². The van der Waals surface area contributed by atoms with Crippen LogP contribution in [0.25, 0.3) is 0 Å². The monoisotopic (exact) mass is 515 g/mol. The first kappa shape index (κ1) is 26.2. The van der Waals surface area contributed by atoms with E-state index in [1.54, 1.807) is 19.1 Å². The Bertz CT molecular complexity index is 1310. The van der Waals surface area contributed by atoms with Gasteiger partial charge in [0.05, 0.1) is 24.3 Å². The predicted octanol–water partition coefficient (Wildman–Crippen LogP) is 4.09. The van der Waals surface area contributed by atoms with Crippen LogP contribution in [0.15, 0.2) is 76.7 Å². The van der Waals surface area contributed by atoms with E-state index in [0.29, 0.717) is 22.9 Å². The van der Waals surface area contributed by atoms with Crippen LogP contribution in [0.2, 0.25) is 5.02 Å². The minimum absolute atomic E-state index is 0.00441. The summed E-state index contributed by atoms with van der Waals surface area (Å²) < 4.78 is 33.1. The maximum atomic E-state index is 13.3. The standard InChI is InChI=1S/C25H26ClN3O5S/c1-3-34-24-14-19(8-13-23(24)30)15-27-28-25(31)17-29(16-20-7-5-4-6-18(20)2)35(32,33)22-11-9-21(26)10-12-22/h4-15,30H,3,16-17H2,1-2H3,(H,28,31)/b27-15-. The number of phenols is 1. The largest absolute Gasteiger partial charge is 0.504 e. The van der Waals surface area contributed by atoms with E-state index in [-0.39, 0.29) is 17.2 Å². The molecule has 2 N–H and O–H groups in total. The number of nitrogens with one attached hydrogen (secondary N) is 1. The summed E-state index contributed by atoms with van der Waals surface area (Å²) in [4.78, 5) is 12.7. The number of aromatic hydroxyl groups is 1. The average molecular weight is 516 g/mol. The highest BCUT2D eigenvalue weighted by molar-refractivity contribution is 7.89.